The van der Waals surface area contributed by atoms with Gasteiger partial charge in [-0.05, 0) is 56.6 Å². The summed E-state index contributed by atoms with van der Waals surface area (Å²) in [5, 5.41) is 10.6. The Kier molecular flexibility index (Phi) is 5.13. The molecule has 0 radical (unpaired) electrons. The maximum Gasteiger partial charge on any atom is 0.242 e. The van der Waals surface area contributed by atoms with Crippen molar-refractivity contribution in [3.63, 3.8) is 0 Å². The fraction of sp³-hybridized carbons (Fsp3) is 0. The van der Waals surface area contributed by atoms with Crippen LogP contribution in [-0.4, -0.2) is 6.71 Å². The van der Waals surface area contributed by atoms with Crippen molar-refractivity contribution in [3.8, 4) is 0 Å². The van der Waals surface area contributed by atoms with Gasteiger partial charge in [0.2, 0.25) is 6.71 Å². The average Bonchev–Trinajstić information content (AvgIpc) is 3.59. The van der Waals surface area contributed by atoms with Crippen molar-refractivity contribution in [2.75, 3.05) is 0 Å². The van der Waals surface area contributed by atoms with Crippen LogP contribution in [0.2, 0.25) is 0 Å². The zero-order chi connectivity index (χ0) is 26.9. The first kappa shape index (κ1) is 23.3. The minimum Gasteiger partial charge on any atom is -0.135 e. The largest absolute Gasteiger partial charge is 0.242 e. The van der Waals surface area contributed by atoms with Crippen molar-refractivity contribution < 1.29 is 0 Å². The average molecular weight is 555 g/mol. The SMILES string of the molecule is c1ccc2c(c1)cc(B(c1ccc3sc4ccccc4c3c1)c1ccc3sc4ccccc4c3c1)c1ccccc12. The van der Waals surface area contributed by atoms with E-state index in [4.69, 9.17) is 0 Å². The summed E-state index contributed by atoms with van der Waals surface area (Å²) in [6.45, 7) is 0.0932. The molecule has 7 aromatic carbocycles. The summed E-state index contributed by atoms with van der Waals surface area (Å²) < 4.78 is 5.38. The third-order valence-corrected chi connectivity index (χ3v) is 10.9. The number of thiophene rings is 2. The molecule has 0 atom stereocenters. The van der Waals surface area contributed by atoms with Crippen LogP contribution in [0.1, 0.15) is 0 Å². The fourth-order valence-electron chi connectivity index (χ4n) is 6.72. The summed E-state index contributed by atoms with van der Waals surface area (Å²) in [6.07, 6.45) is 0. The summed E-state index contributed by atoms with van der Waals surface area (Å²) in [5.74, 6) is 0. The third-order valence-electron chi connectivity index (χ3n) is 8.58. The molecule has 0 aliphatic heterocycles. The minimum atomic E-state index is 0.0932. The molecule has 0 fully saturated rings. The molecule has 190 valence electrons. The van der Waals surface area contributed by atoms with Crippen molar-refractivity contribution >= 4 is 108 Å². The lowest BCUT2D eigenvalue weighted by atomic mass is 9.36. The summed E-state index contributed by atoms with van der Waals surface area (Å²) in [6, 6.07) is 52.1. The number of hydrogen-bond acceptors (Lipinski definition) is 2. The molecule has 9 aromatic rings. The van der Waals surface area contributed by atoms with E-state index in [0.717, 1.165) is 0 Å². The molecule has 0 saturated carbocycles. The molecule has 3 heteroatoms. The van der Waals surface area contributed by atoms with Gasteiger partial charge in [-0.15, -0.1) is 22.7 Å². The van der Waals surface area contributed by atoms with Crippen LogP contribution in [0.5, 0.6) is 0 Å². The minimum absolute atomic E-state index is 0.0932. The van der Waals surface area contributed by atoms with Crippen LogP contribution in [0, 0.1) is 0 Å². The van der Waals surface area contributed by atoms with Crippen LogP contribution in [0.15, 0.2) is 140 Å². The second-order valence-corrected chi connectivity index (χ2v) is 13.0. The number of fused-ring (bicyclic) bond motifs is 9. The molecule has 2 aromatic heterocycles. The van der Waals surface area contributed by atoms with Gasteiger partial charge in [-0.2, -0.15) is 0 Å². The first-order chi connectivity index (χ1) is 20.3. The van der Waals surface area contributed by atoms with Crippen molar-refractivity contribution in [3.05, 3.63) is 140 Å². The lowest BCUT2D eigenvalue weighted by Crippen LogP contribution is -2.52. The Bertz CT molecular complexity index is 2330. The van der Waals surface area contributed by atoms with E-state index in [1.807, 2.05) is 22.7 Å². The molecule has 0 bridgehead atoms. The van der Waals surface area contributed by atoms with Crippen LogP contribution >= 0.6 is 22.7 Å². The molecule has 0 N–H and O–H groups in total. The van der Waals surface area contributed by atoms with Crippen LogP contribution in [0.25, 0.3) is 61.9 Å². The molecule has 0 aliphatic carbocycles. The number of rotatable bonds is 3. The predicted octanol–water partition coefficient (Wildman–Crippen LogP) is 9.24. The summed E-state index contributed by atoms with van der Waals surface area (Å²) >= 11 is 3.77. The topological polar surface area (TPSA) is 0 Å². The van der Waals surface area contributed by atoms with E-state index >= 15 is 0 Å². The summed E-state index contributed by atoms with van der Waals surface area (Å²) in [4.78, 5) is 0. The van der Waals surface area contributed by atoms with Gasteiger partial charge in [-0.3, -0.25) is 0 Å². The highest BCUT2D eigenvalue weighted by Crippen LogP contribution is 2.35. The van der Waals surface area contributed by atoms with Gasteiger partial charge < -0.3 is 0 Å². The van der Waals surface area contributed by atoms with Gasteiger partial charge in [-0.1, -0.05) is 132 Å². The van der Waals surface area contributed by atoms with E-state index < -0.39 is 0 Å². The van der Waals surface area contributed by atoms with Crippen LogP contribution in [0.4, 0.5) is 0 Å². The highest BCUT2D eigenvalue weighted by atomic mass is 32.1. The van der Waals surface area contributed by atoms with Crippen LogP contribution in [-0.2, 0) is 0 Å². The molecular formula is C38H23BS2. The van der Waals surface area contributed by atoms with Gasteiger partial charge in [-0.25, -0.2) is 0 Å². The monoisotopic (exact) mass is 554 g/mol. The Balaban J connectivity index is 1.38. The lowest BCUT2D eigenvalue weighted by molar-refractivity contribution is 1.77. The normalized spacial score (nSPS) is 11.9. The van der Waals surface area contributed by atoms with E-state index in [1.54, 1.807) is 0 Å². The maximum atomic E-state index is 2.46. The second kappa shape index (κ2) is 9.04. The third kappa shape index (κ3) is 3.60. The first-order valence-electron chi connectivity index (χ1n) is 14.0. The molecule has 0 nitrogen and oxygen atoms in total. The molecule has 0 aliphatic rings. The van der Waals surface area contributed by atoms with Gasteiger partial charge >= 0.3 is 0 Å². The van der Waals surface area contributed by atoms with Crippen molar-refractivity contribution in [2.24, 2.45) is 0 Å². The van der Waals surface area contributed by atoms with Gasteiger partial charge in [0.1, 0.15) is 0 Å². The Morgan fingerprint density at radius 3 is 1.41 bits per heavy atom. The lowest BCUT2D eigenvalue weighted by Gasteiger charge is -2.20. The zero-order valence-electron chi connectivity index (χ0n) is 22.2. The highest BCUT2D eigenvalue weighted by Gasteiger charge is 2.26. The molecule has 0 spiro atoms. The predicted molar refractivity (Wildman–Crippen MR) is 185 cm³/mol. The van der Waals surface area contributed by atoms with Crippen molar-refractivity contribution in [1.29, 1.82) is 0 Å². The maximum absolute atomic E-state index is 2.46. The number of benzene rings is 7. The Labute approximate surface area is 246 Å². The zero-order valence-corrected chi connectivity index (χ0v) is 23.8. The molecule has 0 saturated heterocycles. The van der Waals surface area contributed by atoms with E-state index in [2.05, 4.69) is 140 Å². The molecule has 0 amide bonds. The molecule has 0 unspecified atom stereocenters. The molecular weight excluding hydrogens is 531 g/mol. The Hall–Kier alpha value is -4.44. The highest BCUT2D eigenvalue weighted by molar-refractivity contribution is 7.26. The van der Waals surface area contributed by atoms with Gasteiger partial charge in [0.25, 0.3) is 0 Å². The first-order valence-corrected chi connectivity index (χ1v) is 15.7. The summed E-state index contributed by atoms with van der Waals surface area (Å²) in [5.41, 5.74) is 4.03. The smallest absolute Gasteiger partial charge is 0.135 e. The van der Waals surface area contributed by atoms with Crippen molar-refractivity contribution in [2.45, 2.75) is 0 Å². The standard InChI is InChI=1S/C38H23BS2/c1-2-10-27-24(9-1)21-34(29-12-4-3-11-28(27)29)39(25-17-19-37-32(22-25)30-13-5-7-15-35(30)40-37)26-18-20-38-33(23-26)31-14-6-8-16-36(31)41-38/h1-23H. The van der Waals surface area contributed by atoms with E-state index in [9.17, 15) is 0 Å². The molecule has 2 heterocycles. The van der Waals surface area contributed by atoms with E-state index in [0.29, 0.717) is 0 Å². The fourth-order valence-corrected chi connectivity index (χ4v) is 8.89. The molecule has 9 rings (SSSR count). The van der Waals surface area contributed by atoms with E-state index in [1.165, 1.54) is 78.3 Å². The second-order valence-electron chi connectivity index (χ2n) is 10.9. The van der Waals surface area contributed by atoms with Gasteiger partial charge in [0.15, 0.2) is 0 Å². The Morgan fingerprint density at radius 2 is 0.805 bits per heavy atom. The van der Waals surface area contributed by atoms with Crippen LogP contribution < -0.4 is 16.4 Å². The van der Waals surface area contributed by atoms with Crippen LogP contribution in [0.3, 0.4) is 0 Å². The van der Waals surface area contributed by atoms with Gasteiger partial charge in [0, 0.05) is 29.6 Å². The van der Waals surface area contributed by atoms with Gasteiger partial charge in [0.05, 0.1) is 0 Å². The molecule has 41 heavy (non-hydrogen) atoms. The quantitative estimate of drug-likeness (QED) is 0.151. The number of hydrogen-bond donors (Lipinski definition) is 0. The van der Waals surface area contributed by atoms with Crippen molar-refractivity contribution in [1.82, 2.24) is 0 Å². The summed E-state index contributed by atoms with van der Waals surface area (Å²) in [7, 11) is 0. The van der Waals surface area contributed by atoms with E-state index in [-0.39, 0.29) is 6.71 Å². The Morgan fingerprint density at radius 1 is 0.341 bits per heavy atom.